The second-order valence-electron chi connectivity index (χ2n) is 4.35. The van der Waals surface area contributed by atoms with Crippen LogP contribution in [-0.4, -0.2) is 0 Å². The van der Waals surface area contributed by atoms with Crippen molar-refractivity contribution in [3.05, 3.63) is 68.1 Å². The fourth-order valence-corrected chi connectivity index (χ4v) is 3.37. The number of benzene rings is 2. The summed E-state index contributed by atoms with van der Waals surface area (Å²) >= 11 is 6.66. The Balaban J connectivity index is 2.57. The SMILES string of the molecule is NNC(c1ccc(Br)cc1Br)c1ccccc1C(F)(F)F. The number of hydrogen-bond acceptors (Lipinski definition) is 2. The van der Waals surface area contributed by atoms with Gasteiger partial charge in [-0.1, -0.05) is 56.1 Å². The molecule has 0 saturated carbocycles. The molecule has 21 heavy (non-hydrogen) atoms. The van der Waals surface area contributed by atoms with Crippen LogP contribution in [0.15, 0.2) is 51.4 Å². The fraction of sp³-hybridized carbons (Fsp3) is 0.143. The Kier molecular flexibility index (Phi) is 5.08. The van der Waals surface area contributed by atoms with Crippen LogP contribution in [0.2, 0.25) is 0 Å². The largest absolute Gasteiger partial charge is 0.416 e. The van der Waals surface area contributed by atoms with Gasteiger partial charge in [0.1, 0.15) is 0 Å². The van der Waals surface area contributed by atoms with Crippen LogP contribution < -0.4 is 11.3 Å². The minimum atomic E-state index is -4.44. The lowest BCUT2D eigenvalue weighted by Gasteiger charge is -2.22. The van der Waals surface area contributed by atoms with E-state index in [2.05, 4.69) is 37.3 Å². The van der Waals surface area contributed by atoms with Crippen LogP contribution in [-0.2, 0) is 6.18 Å². The first-order valence-corrected chi connectivity index (χ1v) is 7.50. The second-order valence-corrected chi connectivity index (χ2v) is 6.12. The summed E-state index contributed by atoms with van der Waals surface area (Å²) in [7, 11) is 0. The zero-order valence-electron chi connectivity index (χ0n) is 10.6. The van der Waals surface area contributed by atoms with Crippen LogP contribution in [0.5, 0.6) is 0 Å². The maximum absolute atomic E-state index is 13.1. The molecule has 0 aliphatic carbocycles. The highest BCUT2D eigenvalue weighted by molar-refractivity contribution is 9.11. The summed E-state index contributed by atoms with van der Waals surface area (Å²) in [5, 5.41) is 0. The molecule has 0 spiro atoms. The Hall–Kier alpha value is -0.890. The van der Waals surface area contributed by atoms with E-state index < -0.39 is 17.8 Å². The summed E-state index contributed by atoms with van der Waals surface area (Å²) in [4.78, 5) is 0. The third-order valence-corrected chi connectivity index (χ3v) is 4.20. The third-order valence-electron chi connectivity index (χ3n) is 3.02. The van der Waals surface area contributed by atoms with Gasteiger partial charge in [0.05, 0.1) is 11.6 Å². The molecule has 0 bridgehead atoms. The van der Waals surface area contributed by atoms with Gasteiger partial charge in [-0.15, -0.1) is 0 Å². The second kappa shape index (κ2) is 6.48. The van der Waals surface area contributed by atoms with Gasteiger partial charge in [0.2, 0.25) is 0 Å². The number of nitrogens with one attached hydrogen (secondary N) is 1. The molecule has 1 atom stereocenters. The van der Waals surface area contributed by atoms with Crippen LogP contribution in [0.1, 0.15) is 22.7 Å². The molecule has 0 amide bonds. The number of alkyl halides is 3. The van der Waals surface area contributed by atoms with Crippen molar-refractivity contribution in [1.29, 1.82) is 0 Å². The lowest BCUT2D eigenvalue weighted by Crippen LogP contribution is -2.30. The number of halogens is 5. The summed E-state index contributed by atoms with van der Waals surface area (Å²) in [6.07, 6.45) is -4.44. The minimum absolute atomic E-state index is 0.0792. The van der Waals surface area contributed by atoms with Gasteiger partial charge < -0.3 is 0 Å². The zero-order chi connectivity index (χ0) is 15.6. The van der Waals surface area contributed by atoms with Gasteiger partial charge in [-0.3, -0.25) is 5.84 Å². The predicted molar refractivity (Wildman–Crippen MR) is 82.5 cm³/mol. The van der Waals surface area contributed by atoms with E-state index in [9.17, 15) is 13.2 Å². The van der Waals surface area contributed by atoms with Crippen molar-refractivity contribution in [2.75, 3.05) is 0 Å². The molecule has 2 nitrogen and oxygen atoms in total. The Morgan fingerprint density at radius 3 is 2.24 bits per heavy atom. The molecule has 0 aliphatic rings. The Labute approximate surface area is 136 Å². The van der Waals surface area contributed by atoms with E-state index in [0.29, 0.717) is 10.0 Å². The molecule has 0 heterocycles. The monoisotopic (exact) mass is 422 g/mol. The van der Waals surface area contributed by atoms with E-state index >= 15 is 0 Å². The first kappa shape index (κ1) is 16.5. The maximum atomic E-state index is 13.1. The fourth-order valence-electron chi connectivity index (χ4n) is 2.09. The Morgan fingerprint density at radius 2 is 1.67 bits per heavy atom. The average Bonchev–Trinajstić information content (AvgIpc) is 2.41. The predicted octanol–water partition coefficient (Wildman–Crippen LogP) is 4.78. The van der Waals surface area contributed by atoms with Gasteiger partial charge in [0, 0.05) is 8.95 Å². The number of hydrogen-bond donors (Lipinski definition) is 2. The summed E-state index contributed by atoms with van der Waals surface area (Å²) in [5.41, 5.74) is 2.46. The molecule has 0 aromatic heterocycles. The molecule has 2 aromatic rings. The lowest BCUT2D eigenvalue weighted by atomic mass is 9.94. The van der Waals surface area contributed by atoms with Gasteiger partial charge in [-0.05, 0) is 29.3 Å². The minimum Gasteiger partial charge on any atom is -0.271 e. The van der Waals surface area contributed by atoms with Crippen molar-refractivity contribution in [2.45, 2.75) is 12.2 Å². The maximum Gasteiger partial charge on any atom is 0.416 e. The van der Waals surface area contributed by atoms with Crippen molar-refractivity contribution in [1.82, 2.24) is 5.43 Å². The van der Waals surface area contributed by atoms with E-state index in [1.807, 2.05) is 0 Å². The third kappa shape index (κ3) is 3.66. The standard InChI is InChI=1S/C14H11Br2F3N2/c15-8-5-6-10(12(16)7-8)13(21-20)9-3-1-2-4-11(9)14(17,18)19/h1-7,13,21H,20H2. The van der Waals surface area contributed by atoms with Crippen LogP contribution in [0, 0.1) is 0 Å². The van der Waals surface area contributed by atoms with Gasteiger partial charge in [0.15, 0.2) is 0 Å². The summed E-state index contributed by atoms with van der Waals surface area (Å²) in [5.74, 6) is 5.51. The first-order valence-electron chi connectivity index (χ1n) is 5.91. The van der Waals surface area contributed by atoms with Crippen molar-refractivity contribution < 1.29 is 13.2 Å². The first-order chi connectivity index (χ1) is 9.84. The molecule has 3 N–H and O–H groups in total. The van der Waals surface area contributed by atoms with Crippen molar-refractivity contribution >= 4 is 31.9 Å². The normalized spacial score (nSPS) is 13.2. The van der Waals surface area contributed by atoms with Crippen molar-refractivity contribution in [2.24, 2.45) is 5.84 Å². The Bertz CT molecular complexity index is 644. The average molecular weight is 424 g/mol. The Morgan fingerprint density at radius 1 is 1.00 bits per heavy atom. The van der Waals surface area contributed by atoms with E-state index in [0.717, 1.165) is 10.5 Å². The van der Waals surface area contributed by atoms with Crippen molar-refractivity contribution in [3.8, 4) is 0 Å². The lowest BCUT2D eigenvalue weighted by molar-refractivity contribution is -0.138. The highest BCUT2D eigenvalue weighted by Crippen LogP contribution is 2.38. The molecule has 2 rings (SSSR count). The molecule has 0 fully saturated rings. The van der Waals surface area contributed by atoms with Gasteiger partial charge >= 0.3 is 6.18 Å². The molecule has 0 saturated heterocycles. The van der Waals surface area contributed by atoms with E-state index in [4.69, 9.17) is 5.84 Å². The highest BCUT2D eigenvalue weighted by Gasteiger charge is 2.35. The van der Waals surface area contributed by atoms with E-state index in [1.54, 1.807) is 24.3 Å². The van der Waals surface area contributed by atoms with Crippen LogP contribution in [0.4, 0.5) is 13.2 Å². The van der Waals surface area contributed by atoms with Gasteiger partial charge in [0.25, 0.3) is 0 Å². The number of hydrazine groups is 1. The van der Waals surface area contributed by atoms with E-state index in [1.165, 1.54) is 12.1 Å². The molecular formula is C14H11Br2F3N2. The van der Waals surface area contributed by atoms with Gasteiger partial charge in [-0.25, -0.2) is 5.43 Å². The van der Waals surface area contributed by atoms with Crippen LogP contribution in [0.3, 0.4) is 0 Å². The van der Waals surface area contributed by atoms with E-state index in [-0.39, 0.29) is 5.56 Å². The van der Waals surface area contributed by atoms with Crippen LogP contribution in [0.25, 0.3) is 0 Å². The zero-order valence-corrected chi connectivity index (χ0v) is 13.8. The van der Waals surface area contributed by atoms with Gasteiger partial charge in [-0.2, -0.15) is 13.2 Å². The van der Waals surface area contributed by atoms with Crippen molar-refractivity contribution in [3.63, 3.8) is 0 Å². The molecule has 2 aromatic carbocycles. The number of rotatable bonds is 3. The summed E-state index contributed by atoms with van der Waals surface area (Å²) in [6.45, 7) is 0. The molecule has 112 valence electrons. The number of nitrogens with two attached hydrogens (primary N) is 1. The molecule has 0 radical (unpaired) electrons. The highest BCUT2D eigenvalue weighted by atomic mass is 79.9. The summed E-state index contributed by atoms with van der Waals surface area (Å²) in [6, 6.07) is 9.83. The molecule has 7 heteroatoms. The summed E-state index contributed by atoms with van der Waals surface area (Å²) < 4.78 is 40.9. The van der Waals surface area contributed by atoms with Crippen LogP contribution >= 0.6 is 31.9 Å². The quantitative estimate of drug-likeness (QED) is 0.550. The molecule has 1 unspecified atom stereocenters. The molecular weight excluding hydrogens is 413 g/mol. The smallest absolute Gasteiger partial charge is 0.271 e. The molecule has 0 aliphatic heterocycles. The topological polar surface area (TPSA) is 38.0 Å².